The fourth-order valence-electron chi connectivity index (χ4n) is 8.44. The van der Waals surface area contributed by atoms with Gasteiger partial charge in [0.05, 0.1) is 0 Å². The number of anilines is 3. The fraction of sp³-hybridized carbons (Fsp3) is 0.149. The van der Waals surface area contributed by atoms with Gasteiger partial charge in [0.15, 0.2) is 0 Å². The Morgan fingerprint density at radius 2 is 0.961 bits per heavy atom. The number of hydrogen-bond acceptors (Lipinski definition) is 3. The molecule has 0 saturated heterocycles. The van der Waals surface area contributed by atoms with Crippen LogP contribution in [0, 0.1) is 12.1 Å². The van der Waals surface area contributed by atoms with Gasteiger partial charge >= 0.3 is 21.1 Å². The largest absolute Gasteiger partial charge is 2.00 e. The molecule has 2 aliphatic carbocycles. The average molecular weight is 839 g/mol. The molecular formula is C47H37N3Pt. The van der Waals surface area contributed by atoms with E-state index in [0.29, 0.717) is 0 Å². The molecule has 51 heavy (non-hydrogen) atoms. The summed E-state index contributed by atoms with van der Waals surface area (Å²) in [6.45, 7) is 9.56. The van der Waals surface area contributed by atoms with Gasteiger partial charge in [-0.25, -0.2) is 0 Å². The first-order valence-electron chi connectivity index (χ1n) is 17.4. The third-order valence-corrected chi connectivity index (χ3v) is 10.9. The Kier molecular flexibility index (Phi) is 8.16. The quantitative estimate of drug-likeness (QED) is 0.162. The molecule has 250 valence electrons. The van der Waals surface area contributed by atoms with Crippen molar-refractivity contribution in [3.8, 4) is 22.5 Å². The first-order valence-corrected chi connectivity index (χ1v) is 17.4. The zero-order valence-corrected chi connectivity index (χ0v) is 31.4. The zero-order chi connectivity index (χ0) is 34.0. The molecule has 0 amide bonds. The summed E-state index contributed by atoms with van der Waals surface area (Å²) in [6, 6.07) is 55.2. The van der Waals surface area contributed by atoms with Gasteiger partial charge in [0.2, 0.25) is 0 Å². The molecule has 0 saturated carbocycles. The van der Waals surface area contributed by atoms with E-state index in [0.717, 1.165) is 39.6 Å². The number of pyridine rings is 2. The number of aromatic nitrogens is 2. The number of rotatable bonds is 5. The predicted molar refractivity (Wildman–Crippen MR) is 203 cm³/mol. The molecule has 0 fully saturated rings. The SMILES string of the molecule is CC1(C)c2ccccc2C2c3ccccc3C(C)(C)c3cc(N(c4[c-]c(-c5ccccn5)ccc4)c4[c-]c(-c5ccccn5)ccc4)cc1c32.[Pt+2]. The van der Waals surface area contributed by atoms with Crippen molar-refractivity contribution in [2.24, 2.45) is 0 Å². The van der Waals surface area contributed by atoms with Gasteiger partial charge in [-0.1, -0.05) is 100 Å². The van der Waals surface area contributed by atoms with Crippen molar-refractivity contribution in [1.82, 2.24) is 9.97 Å². The van der Waals surface area contributed by atoms with Crippen molar-refractivity contribution in [2.75, 3.05) is 4.90 Å². The molecule has 0 radical (unpaired) electrons. The van der Waals surface area contributed by atoms with Gasteiger partial charge in [0.1, 0.15) is 0 Å². The second-order valence-electron chi connectivity index (χ2n) is 14.5. The molecule has 5 aromatic carbocycles. The molecule has 7 aromatic rings. The van der Waals surface area contributed by atoms with E-state index >= 15 is 0 Å². The van der Waals surface area contributed by atoms with Crippen LogP contribution in [0.1, 0.15) is 72.6 Å². The van der Waals surface area contributed by atoms with E-state index in [2.05, 4.69) is 152 Å². The van der Waals surface area contributed by atoms with E-state index in [1.54, 1.807) is 0 Å². The molecule has 0 atom stereocenters. The summed E-state index contributed by atoms with van der Waals surface area (Å²) >= 11 is 0. The Labute approximate surface area is 315 Å². The molecule has 3 nitrogen and oxygen atoms in total. The van der Waals surface area contributed by atoms with Crippen molar-refractivity contribution >= 4 is 17.1 Å². The maximum absolute atomic E-state index is 4.66. The van der Waals surface area contributed by atoms with E-state index in [9.17, 15) is 0 Å². The van der Waals surface area contributed by atoms with Crippen molar-refractivity contribution in [3.63, 3.8) is 0 Å². The second kappa shape index (κ2) is 12.6. The predicted octanol–water partition coefficient (Wildman–Crippen LogP) is 11.3. The minimum absolute atomic E-state index is 0. The summed E-state index contributed by atoms with van der Waals surface area (Å²) in [7, 11) is 0. The fourth-order valence-corrected chi connectivity index (χ4v) is 8.44. The maximum atomic E-state index is 4.66. The van der Waals surface area contributed by atoms with Crippen LogP contribution in [0.2, 0.25) is 0 Å². The molecule has 0 aliphatic heterocycles. The zero-order valence-electron chi connectivity index (χ0n) is 29.1. The molecule has 2 heterocycles. The van der Waals surface area contributed by atoms with Crippen LogP contribution in [0.15, 0.2) is 146 Å². The summed E-state index contributed by atoms with van der Waals surface area (Å²) in [5.41, 5.74) is 15.9. The summed E-state index contributed by atoms with van der Waals surface area (Å²) in [5, 5.41) is 0. The van der Waals surface area contributed by atoms with Crippen molar-refractivity contribution in [2.45, 2.75) is 44.4 Å². The smallest absolute Gasteiger partial charge is 0.346 e. The average Bonchev–Trinajstić information content (AvgIpc) is 3.16. The Hall–Kier alpha value is -5.11. The Morgan fingerprint density at radius 1 is 0.510 bits per heavy atom. The standard InChI is InChI=1S/C47H37N3.Pt/c1-46(2)38-21-7-5-19-36(38)44-37-20-6-8-22-39(37)47(3,4)41-30-35(29-40(46)45(41)44)50(33-17-13-15-31(27-33)42-23-9-11-25-48-42)34-18-14-16-32(28-34)43-24-10-12-26-49-43;/h5-26,29-30,44H,1-4H3;/q-2;+2. The summed E-state index contributed by atoms with van der Waals surface area (Å²) < 4.78 is 0. The molecular weight excluding hydrogens is 802 g/mol. The van der Waals surface area contributed by atoms with E-state index in [1.165, 1.54) is 38.9 Å². The molecule has 9 rings (SSSR count). The molecule has 0 unspecified atom stereocenters. The van der Waals surface area contributed by atoms with Crippen LogP contribution < -0.4 is 4.90 Å². The van der Waals surface area contributed by atoms with E-state index in [-0.39, 0.29) is 37.8 Å². The van der Waals surface area contributed by atoms with E-state index < -0.39 is 0 Å². The van der Waals surface area contributed by atoms with E-state index in [1.807, 2.05) is 48.8 Å². The van der Waals surface area contributed by atoms with Gasteiger partial charge in [0, 0.05) is 34.8 Å². The van der Waals surface area contributed by atoms with Gasteiger partial charge in [-0.15, -0.1) is 59.7 Å². The van der Waals surface area contributed by atoms with Crippen molar-refractivity contribution in [1.29, 1.82) is 0 Å². The monoisotopic (exact) mass is 838 g/mol. The third kappa shape index (κ3) is 5.29. The number of benzene rings is 5. The first kappa shape index (κ1) is 33.1. The Bertz CT molecular complexity index is 2230. The van der Waals surface area contributed by atoms with Gasteiger partial charge in [0.25, 0.3) is 0 Å². The molecule has 0 N–H and O–H groups in total. The minimum Gasteiger partial charge on any atom is -0.346 e. The molecule has 2 aromatic heterocycles. The first-order chi connectivity index (χ1) is 24.3. The second-order valence-corrected chi connectivity index (χ2v) is 14.5. The van der Waals surface area contributed by atoms with Crippen LogP contribution in [0.3, 0.4) is 0 Å². The molecule has 4 heteroatoms. The topological polar surface area (TPSA) is 29.0 Å². The van der Waals surface area contributed by atoms with Gasteiger partial charge in [-0.3, -0.25) is 0 Å². The van der Waals surface area contributed by atoms with Crippen molar-refractivity contribution < 1.29 is 21.1 Å². The van der Waals surface area contributed by atoms with Crippen LogP contribution >= 0.6 is 0 Å². The van der Waals surface area contributed by atoms with Crippen LogP contribution in [0.25, 0.3) is 22.5 Å². The van der Waals surface area contributed by atoms with Gasteiger partial charge in [-0.05, 0) is 86.0 Å². The normalized spacial score (nSPS) is 14.7. The summed E-state index contributed by atoms with van der Waals surface area (Å²) in [5.74, 6) is 0.175. The Balaban J connectivity index is 0.00000374. The third-order valence-electron chi connectivity index (χ3n) is 10.9. The summed E-state index contributed by atoms with van der Waals surface area (Å²) in [4.78, 5) is 11.6. The maximum Gasteiger partial charge on any atom is 2.00 e. The minimum atomic E-state index is -0.222. The van der Waals surface area contributed by atoms with Crippen LogP contribution in [0.5, 0.6) is 0 Å². The van der Waals surface area contributed by atoms with Crippen molar-refractivity contribution in [3.05, 3.63) is 197 Å². The van der Waals surface area contributed by atoms with Gasteiger partial charge in [-0.2, -0.15) is 0 Å². The Morgan fingerprint density at radius 3 is 1.41 bits per heavy atom. The number of fused-ring (bicyclic) bond motifs is 4. The molecule has 2 aliphatic rings. The molecule has 0 bridgehead atoms. The van der Waals surface area contributed by atoms with E-state index in [4.69, 9.17) is 0 Å². The van der Waals surface area contributed by atoms with Crippen LogP contribution in [-0.2, 0) is 31.9 Å². The van der Waals surface area contributed by atoms with Crippen LogP contribution in [0.4, 0.5) is 17.1 Å². The number of nitrogens with zero attached hydrogens (tertiary/aromatic N) is 3. The van der Waals surface area contributed by atoms with Crippen LogP contribution in [-0.4, -0.2) is 9.97 Å². The number of hydrogen-bond donors (Lipinski definition) is 0. The summed E-state index contributed by atoms with van der Waals surface area (Å²) in [6.07, 6.45) is 3.67. The van der Waals surface area contributed by atoms with Gasteiger partial charge < -0.3 is 14.9 Å². The molecule has 0 spiro atoms.